The van der Waals surface area contributed by atoms with Crippen LogP contribution in [0.5, 0.6) is 0 Å². The lowest BCUT2D eigenvalue weighted by atomic mass is 10.1. The molecule has 0 fully saturated rings. The van der Waals surface area contributed by atoms with Crippen LogP contribution in [0, 0.1) is 0 Å². The van der Waals surface area contributed by atoms with E-state index in [1.54, 1.807) is 0 Å². The summed E-state index contributed by atoms with van der Waals surface area (Å²) < 4.78 is 0. The highest BCUT2D eigenvalue weighted by Gasteiger charge is 2.08. The number of rotatable bonds is 2. The molecule has 0 unspecified atom stereocenters. The molecular weight excluding hydrogens is 249 g/mol. The molecule has 0 aromatic heterocycles. The Morgan fingerprint density at radius 2 is 2.23 bits per heavy atom. The molecule has 0 aliphatic carbocycles. The third kappa shape index (κ3) is 2.38. The van der Waals surface area contributed by atoms with E-state index in [9.17, 15) is 0 Å². The van der Waals surface area contributed by atoms with Crippen molar-refractivity contribution in [1.82, 2.24) is 0 Å². The van der Waals surface area contributed by atoms with Crippen LogP contribution in [0.15, 0.2) is 18.2 Å². The molecule has 0 amide bonds. The summed E-state index contributed by atoms with van der Waals surface area (Å²) in [5.74, 6) is 0. The van der Waals surface area contributed by atoms with Crippen molar-refractivity contribution < 1.29 is 0 Å². The standard InChI is InChI=1S/C10H12BrN.ClH/c11-5-3-8-1-2-10-9(7-8)4-6-12-10;/h1-2,7,12H,3-6H2;1H. The topological polar surface area (TPSA) is 12.0 Å². The van der Waals surface area contributed by atoms with E-state index in [1.165, 1.54) is 23.2 Å². The van der Waals surface area contributed by atoms with Crippen LogP contribution in [-0.2, 0) is 12.8 Å². The summed E-state index contributed by atoms with van der Waals surface area (Å²) in [5, 5.41) is 4.41. The Morgan fingerprint density at radius 1 is 1.38 bits per heavy atom. The number of fused-ring (bicyclic) bond motifs is 1. The lowest BCUT2D eigenvalue weighted by Gasteiger charge is -2.02. The number of benzene rings is 1. The van der Waals surface area contributed by atoms with Crippen LogP contribution in [0.4, 0.5) is 5.69 Å². The van der Waals surface area contributed by atoms with Crippen molar-refractivity contribution in [3.63, 3.8) is 0 Å². The van der Waals surface area contributed by atoms with Crippen molar-refractivity contribution in [3.05, 3.63) is 29.3 Å². The first-order chi connectivity index (χ1) is 5.90. The first-order valence-corrected chi connectivity index (χ1v) is 5.44. The SMILES string of the molecule is BrCCc1ccc2c(c1)CCN2.Cl. The lowest BCUT2D eigenvalue weighted by molar-refractivity contribution is 1.09. The first-order valence-electron chi connectivity index (χ1n) is 4.32. The summed E-state index contributed by atoms with van der Waals surface area (Å²) in [4.78, 5) is 0. The molecule has 72 valence electrons. The van der Waals surface area contributed by atoms with Crippen LogP contribution in [-0.4, -0.2) is 11.9 Å². The van der Waals surface area contributed by atoms with Crippen LogP contribution in [0.25, 0.3) is 0 Å². The van der Waals surface area contributed by atoms with Crippen LogP contribution >= 0.6 is 28.3 Å². The van der Waals surface area contributed by atoms with E-state index in [0.717, 1.165) is 18.3 Å². The molecule has 0 spiro atoms. The molecular formula is C10H13BrClN. The van der Waals surface area contributed by atoms with Gasteiger partial charge < -0.3 is 5.32 Å². The minimum absolute atomic E-state index is 0. The van der Waals surface area contributed by atoms with Gasteiger partial charge in [-0.05, 0) is 30.0 Å². The second kappa shape index (κ2) is 4.87. The van der Waals surface area contributed by atoms with Gasteiger partial charge in [0, 0.05) is 17.6 Å². The van der Waals surface area contributed by atoms with Crippen molar-refractivity contribution in [2.45, 2.75) is 12.8 Å². The average molecular weight is 263 g/mol. The van der Waals surface area contributed by atoms with E-state index in [2.05, 4.69) is 39.4 Å². The Labute approximate surface area is 93.5 Å². The molecule has 1 aliphatic heterocycles. The largest absolute Gasteiger partial charge is 0.384 e. The third-order valence-corrected chi connectivity index (χ3v) is 2.66. The molecule has 0 saturated carbocycles. The van der Waals surface area contributed by atoms with Gasteiger partial charge in [0.05, 0.1) is 0 Å². The van der Waals surface area contributed by atoms with Gasteiger partial charge in [-0.1, -0.05) is 28.1 Å². The summed E-state index contributed by atoms with van der Waals surface area (Å²) in [7, 11) is 0. The van der Waals surface area contributed by atoms with Gasteiger partial charge in [-0.15, -0.1) is 12.4 Å². The minimum atomic E-state index is 0. The van der Waals surface area contributed by atoms with Gasteiger partial charge in [-0.25, -0.2) is 0 Å². The lowest BCUT2D eigenvalue weighted by Crippen LogP contribution is -1.90. The number of alkyl halides is 1. The number of hydrogen-bond acceptors (Lipinski definition) is 1. The Bertz CT molecular complexity index is 288. The van der Waals surface area contributed by atoms with Gasteiger partial charge in [-0.3, -0.25) is 0 Å². The average Bonchev–Trinajstić information content (AvgIpc) is 2.51. The molecule has 1 heterocycles. The summed E-state index contributed by atoms with van der Waals surface area (Å²) in [5.41, 5.74) is 4.25. The van der Waals surface area contributed by atoms with E-state index in [0.29, 0.717) is 0 Å². The molecule has 0 saturated heterocycles. The molecule has 2 rings (SSSR count). The zero-order valence-corrected chi connectivity index (χ0v) is 9.75. The monoisotopic (exact) mass is 261 g/mol. The van der Waals surface area contributed by atoms with E-state index in [-0.39, 0.29) is 12.4 Å². The van der Waals surface area contributed by atoms with Gasteiger partial charge >= 0.3 is 0 Å². The number of nitrogens with one attached hydrogen (secondary N) is 1. The molecule has 0 radical (unpaired) electrons. The fourth-order valence-corrected chi connectivity index (χ4v) is 2.08. The normalized spacial score (nSPS) is 13.0. The summed E-state index contributed by atoms with van der Waals surface area (Å²) in [6.45, 7) is 1.10. The van der Waals surface area contributed by atoms with Crippen LogP contribution in [0.1, 0.15) is 11.1 Å². The molecule has 3 heteroatoms. The van der Waals surface area contributed by atoms with Gasteiger partial charge in [0.2, 0.25) is 0 Å². The number of halogens is 2. The summed E-state index contributed by atoms with van der Waals surface area (Å²) in [6, 6.07) is 6.72. The number of aryl methyl sites for hydroxylation is 1. The maximum atomic E-state index is 3.45. The quantitative estimate of drug-likeness (QED) is 0.808. The zero-order chi connectivity index (χ0) is 8.39. The van der Waals surface area contributed by atoms with E-state index < -0.39 is 0 Å². The molecule has 1 aromatic rings. The molecule has 1 N–H and O–H groups in total. The second-order valence-electron chi connectivity index (χ2n) is 3.11. The molecule has 0 atom stereocenters. The molecule has 1 aromatic carbocycles. The Balaban J connectivity index is 0.000000845. The zero-order valence-electron chi connectivity index (χ0n) is 7.35. The van der Waals surface area contributed by atoms with Gasteiger partial charge in [-0.2, -0.15) is 0 Å². The molecule has 0 bridgehead atoms. The van der Waals surface area contributed by atoms with Crippen molar-refractivity contribution in [2.75, 3.05) is 17.2 Å². The minimum Gasteiger partial charge on any atom is -0.384 e. The highest BCUT2D eigenvalue weighted by atomic mass is 79.9. The van der Waals surface area contributed by atoms with Crippen LogP contribution < -0.4 is 5.32 Å². The predicted molar refractivity (Wildman–Crippen MR) is 63.4 cm³/mol. The Kier molecular flexibility index (Phi) is 4.07. The Hall–Kier alpha value is -0.210. The van der Waals surface area contributed by atoms with Crippen molar-refractivity contribution >= 4 is 34.0 Å². The maximum Gasteiger partial charge on any atom is 0.0373 e. The highest BCUT2D eigenvalue weighted by Crippen LogP contribution is 2.23. The fourth-order valence-electron chi connectivity index (χ4n) is 1.62. The van der Waals surface area contributed by atoms with Crippen molar-refractivity contribution in [1.29, 1.82) is 0 Å². The summed E-state index contributed by atoms with van der Waals surface area (Å²) in [6.07, 6.45) is 2.32. The molecule has 1 aliphatic rings. The second-order valence-corrected chi connectivity index (χ2v) is 3.90. The van der Waals surface area contributed by atoms with Gasteiger partial charge in [0.15, 0.2) is 0 Å². The molecule has 13 heavy (non-hydrogen) atoms. The maximum absolute atomic E-state index is 3.45. The van der Waals surface area contributed by atoms with Crippen LogP contribution in [0.2, 0.25) is 0 Å². The van der Waals surface area contributed by atoms with Gasteiger partial charge in [0.1, 0.15) is 0 Å². The van der Waals surface area contributed by atoms with Gasteiger partial charge in [0.25, 0.3) is 0 Å². The first kappa shape index (κ1) is 10.9. The van der Waals surface area contributed by atoms with E-state index >= 15 is 0 Å². The smallest absolute Gasteiger partial charge is 0.0373 e. The van der Waals surface area contributed by atoms with E-state index in [1.807, 2.05) is 0 Å². The van der Waals surface area contributed by atoms with Crippen molar-refractivity contribution in [3.8, 4) is 0 Å². The number of hydrogen-bond donors (Lipinski definition) is 1. The predicted octanol–water partition coefficient (Wildman–Crippen LogP) is 3.01. The third-order valence-electron chi connectivity index (χ3n) is 2.26. The summed E-state index contributed by atoms with van der Waals surface area (Å²) >= 11 is 3.45. The number of anilines is 1. The Morgan fingerprint density at radius 3 is 3.00 bits per heavy atom. The van der Waals surface area contributed by atoms with E-state index in [4.69, 9.17) is 0 Å². The molecule has 1 nitrogen and oxygen atoms in total. The fraction of sp³-hybridized carbons (Fsp3) is 0.400. The van der Waals surface area contributed by atoms with Crippen molar-refractivity contribution in [2.24, 2.45) is 0 Å². The highest BCUT2D eigenvalue weighted by molar-refractivity contribution is 9.09. The van der Waals surface area contributed by atoms with Crippen LogP contribution in [0.3, 0.4) is 0 Å².